The minimum atomic E-state index is -0.611. The fourth-order valence-corrected chi connectivity index (χ4v) is 2.17. The van der Waals surface area contributed by atoms with Crippen LogP contribution in [-0.4, -0.2) is 30.7 Å². The maximum absolute atomic E-state index is 13.2. The normalized spacial score (nSPS) is 30.5. The maximum atomic E-state index is 13.2. The van der Waals surface area contributed by atoms with E-state index in [-0.39, 0.29) is 5.41 Å². The molecule has 0 aromatic heterocycles. The van der Waals surface area contributed by atoms with Crippen molar-refractivity contribution in [1.82, 2.24) is 4.90 Å². The highest BCUT2D eigenvalue weighted by molar-refractivity contribution is 4.84. The number of piperidine rings is 1. The summed E-state index contributed by atoms with van der Waals surface area (Å²) in [6, 6.07) is 0. The van der Waals surface area contributed by atoms with Crippen LogP contribution in [0.5, 0.6) is 0 Å². The van der Waals surface area contributed by atoms with Crippen molar-refractivity contribution in [2.24, 2.45) is 5.41 Å². The van der Waals surface area contributed by atoms with Crippen LogP contribution in [0, 0.1) is 5.41 Å². The molecule has 0 spiro atoms. The molecule has 1 rings (SSSR count). The molecule has 0 N–H and O–H groups in total. The summed E-state index contributed by atoms with van der Waals surface area (Å²) in [6.07, 6.45) is 1.25. The average molecular weight is 173 g/mol. The van der Waals surface area contributed by atoms with Crippen LogP contribution in [0.1, 0.15) is 33.6 Å². The van der Waals surface area contributed by atoms with Gasteiger partial charge in [0.1, 0.15) is 6.17 Å². The molecule has 2 heteroatoms. The molecule has 1 nitrogen and oxygen atoms in total. The SMILES string of the molecule is CCCN1C[C@H](F)CC(C)(C)C1. The number of likely N-dealkylation sites (tertiary alicyclic amines) is 1. The van der Waals surface area contributed by atoms with Crippen LogP contribution in [0.15, 0.2) is 0 Å². The van der Waals surface area contributed by atoms with Gasteiger partial charge in [-0.25, -0.2) is 4.39 Å². The lowest BCUT2D eigenvalue weighted by Crippen LogP contribution is -2.45. The minimum absolute atomic E-state index is 0.173. The molecule has 1 heterocycles. The molecule has 0 unspecified atom stereocenters. The van der Waals surface area contributed by atoms with Gasteiger partial charge in [-0.05, 0) is 24.8 Å². The molecule has 0 saturated carbocycles. The molecule has 12 heavy (non-hydrogen) atoms. The second kappa shape index (κ2) is 3.73. The summed E-state index contributed by atoms with van der Waals surface area (Å²) in [5.41, 5.74) is 0.173. The molecule has 1 aliphatic heterocycles. The van der Waals surface area contributed by atoms with Gasteiger partial charge in [0.25, 0.3) is 0 Å². The Morgan fingerprint density at radius 2 is 2.17 bits per heavy atom. The van der Waals surface area contributed by atoms with Gasteiger partial charge in [0.05, 0.1) is 0 Å². The van der Waals surface area contributed by atoms with Crippen molar-refractivity contribution in [3.05, 3.63) is 0 Å². The van der Waals surface area contributed by atoms with Gasteiger partial charge in [-0.15, -0.1) is 0 Å². The Morgan fingerprint density at radius 1 is 1.50 bits per heavy atom. The Kier molecular flexibility index (Phi) is 3.10. The number of nitrogens with zero attached hydrogens (tertiary/aromatic N) is 1. The average Bonchev–Trinajstić information content (AvgIpc) is 1.82. The van der Waals surface area contributed by atoms with E-state index in [0.717, 1.165) is 25.9 Å². The Bertz CT molecular complexity index is 145. The lowest BCUT2D eigenvalue weighted by atomic mass is 9.83. The highest BCUT2D eigenvalue weighted by atomic mass is 19.1. The zero-order valence-corrected chi connectivity index (χ0v) is 8.44. The molecule has 1 aliphatic rings. The van der Waals surface area contributed by atoms with Crippen LogP contribution in [0.2, 0.25) is 0 Å². The van der Waals surface area contributed by atoms with Crippen LogP contribution < -0.4 is 0 Å². The number of alkyl halides is 1. The van der Waals surface area contributed by atoms with E-state index < -0.39 is 6.17 Å². The van der Waals surface area contributed by atoms with Crippen molar-refractivity contribution in [3.63, 3.8) is 0 Å². The van der Waals surface area contributed by atoms with Gasteiger partial charge < -0.3 is 0 Å². The third kappa shape index (κ3) is 2.74. The second-order valence-electron chi connectivity index (χ2n) is 4.70. The van der Waals surface area contributed by atoms with E-state index in [1.54, 1.807) is 0 Å². The highest BCUT2D eigenvalue weighted by Crippen LogP contribution is 2.30. The van der Waals surface area contributed by atoms with Gasteiger partial charge in [-0.2, -0.15) is 0 Å². The van der Waals surface area contributed by atoms with E-state index >= 15 is 0 Å². The predicted octanol–water partition coefficient (Wildman–Crippen LogP) is 2.47. The molecule has 0 amide bonds. The van der Waals surface area contributed by atoms with Crippen LogP contribution in [-0.2, 0) is 0 Å². The summed E-state index contributed by atoms with van der Waals surface area (Å²) in [6.45, 7) is 9.21. The lowest BCUT2D eigenvalue weighted by molar-refractivity contribution is 0.0523. The van der Waals surface area contributed by atoms with E-state index in [1.165, 1.54) is 0 Å². The molecule has 0 aromatic rings. The van der Waals surface area contributed by atoms with E-state index in [9.17, 15) is 4.39 Å². The summed E-state index contributed by atoms with van der Waals surface area (Å²) in [5.74, 6) is 0. The molecule has 0 aliphatic carbocycles. The minimum Gasteiger partial charge on any atom is -0.300 e. The molecule has 0 radical (unpaired) electrons. The molecular weight excluding hydrogens is 153 g/mol. The van der Waals surface area contributed by atoms with Crippen molar-refractivity contribution in [3.8, 4) is 0 Å². The quantitative estimate of drug-likeness (QED) is 0.620. The first-order valence-corrected chi connectivity index (χ1v) is 4.90. The number of rotatable bonds is 2. The third-order valence-electron chi connectivity index (χ3n) is 2.42. The third-order valence-corrected chi connectivity index (χ3v) is 2.42. The van der Waals surface area contributed by atoms with Crippen LogP contribution >= 0.6 is 0 Å². The lowest BCUT2D eigenvalue weighted by Gasteiger charge is -2.39. The van der Waals surface area contributed by atoms with Gasteiger partial charge in [-0.1, -0.05) is 20.8 Å². The van der Waals surface area contributed by atoms with Crippen LogP contribution in [0.4, 0.5) is 4.39 Å². The van der Waals surface area contributed by atoms with Gasteiger partial charge in [0, 0.05) is 13.1 Å². The van der Waals surface area contributed by atoms with Gasteiger partial charge in [0.15, 0.2) is 0 Å². The first-order valence-electron chi connectivity index (χ1n) is 4.90. The van der Waals surface area contributed by atoms with E-state index in [0.29, 0.717) is 6.54 Å². The molecule has 1 atom stereocenters. The van der Waals surface area contributed by atoms with Gasteiger partial charge >= 0.3 is 0 Å². The number of hydrogen-bond donors (Lipinski definition) is 0. The Balaban J connectivity index is 2.46. The summed E-state index contributed by atoms with van der Waals surface area (Å²) in [5, 5.41) is 0. The van der Waals surface area contributed by atoms with Crippen molar-refractivity contribution >= 4 is 0 Å². The smallest absolute Gasteiger partial charge is 0.113 e. The zero-order chi connectivity index (χ0) is 9.19. The Morgan fingerprint density at radius 3 is 2.67 bits per heavy atom. The van der Waals surface area contributed by atoms with Crippen LogP contribution in [0.3, 0.4) is 0 Å². The standard InChI is InChI=1S/C10H20FN/c1-4-5-12-7-9(11)6-10(2,3)8-12/h9H,4-8H2,1-3H3/t9-/m1/s1. The topological polar surface area (TPSA) is 3.24 Å². The predicted molar refractivity (Wildman–Crippen MR) is 50.0 cm³/mol. The number of halogens is 1. The Labute approximate surface area is 74.9 Å². The monoisotopic (exact) mass is 173 g/mol. The molecule has 0 bridgehead atoms. The van der Waals surface area contributed by atoms with E-state index in [4.69, 9.17) is 0 Å². The van der Waals surface area contributed by atoms with Gasteiger partial charge in [0.2, 0.25) is 0 Å². The van der Waals surface area contributed by atoms with Crippen molar-refractivity contribution < 1.29 is 4.39 Å². The molecule has 0 aromatic carbocycles. The fourth-order valence-electron chi connectivity index (χ4n) is 2.17. The first-order chi connectivity index (χ1) is 5.53. The van der Waals surface area contributed by atoms with Crippen molar-refractivity contribution in [2.45, 2.75) is 39.8 Å². The van der Waals surface area contributed by atoms with Gasteiger partial charge in [-0.3, -0.25) is 4.90 Å². The summed E-state index contributed by atoms with van der Waals surface area (Å²) >= 11 is 0. The molecular formula is C10H20FN. The first kappa shape index (κ1) is 9.97. The largest absolute Gasteiger partial charge is 0.300 e. The number of hydrogen-bond acceptors (Lipinski definition) is 1. The van der Waals surface area contributed by atoms with Crippen LogP contribution in [0.25, 0.3) is 0 Å². The molecule has 72 valence electrons. The zero-order valence-electron chi connectivity index (χ0n) is 8.44. The molecule has 1 saturated heterocycles. The summed E-state index contributed by atoms with van der Waals surface area (Å²) in [4.78, 5) is 2.24. The summed E-state index contributed by atoms with van der Waals surface area (Å²) in [7, 11) is 0. The fraction of sp³-hybridized carbons (Fsp3) is 1.00. The van der Waals surface area contributed by atoms with E-state index in [2.05, 4.69) is 25.7 Å². The van der Waals surface area contributed by atoms with E-state index in [1.807, 2.05) is 0 Å². The molecule has 1 fully saturated rings. The maximum Gasteiger partial charge on any atom is 0.113 e. The van der Waals surface area contributed by atoms with Crippen molar-refractivity contribution in [2.75, 3.05) is 19.6 Å². The second-order valence-corrected chi connectivity index (χ2v) is 4.70. The summed E-state index contributed by atoms with van der Waals surface area (Å²) < 4.78 is 13.2. The van der Waals surface area contributed by atoms with Crippen molar-refractivity contribution in [1.29, 1.82) is 0 Å². The Hall–Kier alpha value is -0.110. The highest BCUT2D eigenvalue weighted by Gasteiger charge is 2.31.